The highest BCUT2D eigenvalue weighted by Gasteiger charge is 2.42. The Labute approximate surface area is 268 Å². The zero-order valence-electron chi connectivity index (χ0n) is 25.7. The number of alkyl carbamates (subject to hydrolysis) is 1. The summed E-state index contributed by atoms with van der Waals surface area (Å²) in [6.07, 6.45) is -2.18. The minimum Gasteiger partial charge on any atom is -0.445 e. The fourth-order valence-electron chi connectivity index (χ4n) is 6.10. The summed E-state index contributed by atoms with van der Waals surface area (Å²) in [6, 6.07) is 22.9. The maximum Gasteiger partial charge on any atom is 0.408 e. The first-order valence-electron chi connectivity index (χ1n) is 15.6. The lowest BCUT2D eigenvalue weighted by Gasteiger charge is -2.43. The lowest BCUT2D eigenvalue weighted by molar-refractivity contribution is -0.277. The summed E-state index contributed by atoms with van der Waals surface area (Å²) < 4.78 is 24.0. The van der Waals surface area contributed by atoms with Gasteiger partial charge < -0.3 is 29.4 Å². The van der Waals surface area contributed by atoms with Crippen molar-refractivity contribution in [3.63, 3.8) is 0 Å². The molecule has 242 valence electrons. The van der Waals surface area contributed by atoms with Gasteiger partial charge in [0.15, 0.2) is 6.29 Å². The molecule has 3 heterocycles. The highest BCUT2D eigenvalue weighted by molar-refractivity contribution is 6.22. The molecule has 5 atom stereocenters. The number of morpholine rings is 1. The van der Waals surface area contributed by atoms with Gasteiger partial charge in [-0.2, -0.15) is 0 Å². The molecule has 11 heteroatoms. The lowest BCUT2D eigenvalue weighted by Crippen LogP contribution is -2.47. The van der Waals surface area contributed by atoms with E-state index in [1.54, 1.807) is 18.2 Å². The second-order valence-corrected chi connectivity index (χ2v) is 11.9. The summed E-state index contributed by atoms with van der Waals surface area (Å²) in [6.45, 7) is 5.80. The van der Waals surface area contributed by atoms with Crippen LogP contribution >= 0.6 is 0 Å². The molecule has 6 rings (SSSR count). The Morgan fingerprint density at radius 1 is 0.935 bits per heavy atom. The Hall–Kier alpha value is -4.13. The van der Waals surface area contributed by atoms with E-state index in [1.165, 1.54) is 0 Å². The summed E-state index contributed by atoms with van der Waals surface area (Å²) in [5.74, 6) is -0.955. The van der Waals surface area contributed by atoms with E-state index in [0.717, 1.165) is 34.7 Å². The van der Waals surface area contributed by atoms with Gasteiger partial charge in [0.25, 0.3) is 5.91 Å². The van der Waals surface area contributed by atoms with Crippen LogP contribution in [0.5, 0.6) is 0 Å². The molecular formula is C35H39N3O8. The van der Waals surface area contributed by atoms with E-state index < -0.39 is 30.2 Å². The van der Waals surface area contributed by atoms with Gasteiger partial charge in [-0.3, -0.25) is 14.5 Å². The minimum absolute atomic E-state index is 0.0115. The number of imide groups is 1. The standard InChI is InChI=1S/C35H39N3O8/c1-23-30(20-37-14-16-43-17-15-37)45-34(46-32(23)26-12-10-24(21-39)11-13-26)27-8-5-9-28(18-27)38-31(40)19-29(33(38)41)36-35(42)44-22-25-6-3-2-4-7-25/h2-13,18,23,29-30,32,34,39H,14-17,19-22H2,1H3,(H,36,42). The van der Waals surface area contributed by atoms with E-state index in [1.807, 2.05) is 60.7 Å². The van der Waals surface area contributed by atoms with E-state index in [4.69, 9.17) is 18.9 Å². The van der Waals surface area contributed by atoms with E-state index in [9.17, 15) is 19.5 Å². The zero-order chi connectivity index (χ0) is 32.0. The van der Waals surface area contributed by atoms with Crippen LogP contribution in [0.15, 0.2) is 78.9 Å². The number of amides is 3. The van der Waals surface area contributed by atoms with Crippen LogP contribution in [0.1, 0.15) is 48.0 Å². The molecule has 0 radical (unpaired) electrons. The molecule has 46 heavy (non-hydrogen) atoms. The van der Waals surface area contributed by atoms with Crippen LogP contribution < -0.4 is 10.2 Å². The molecule has 3 aromatic rings. The van der Waals surface area contributed by atoms with Crippen molar-refractivity contribution in [2.24, 2.45) is 5.92 Å². The molecule has 3 aliphatic rings. The first kappa shape index (κ1) is 31.8. The van der Waals surface area contributed by atoms with Gasteiger partial charge in [-0.05, 0) is 28.8 Å². The van der Waals surface area contributed by atoms with Crippen LogP contribution in [0, 0.1) is 5.92 Å². The molecule has 3 saturated heterocycles. The Balaban J connectivity index is 1.18. The van der Waals surface area contributed by atoms with Gasteiger partial charge in [-0.25, -0.2) is 9.69 Å². The average Bonchev–Trinajstić information content (AvgIpc) is 3.37. The molecule has 0 spiro atoms. The molecular weight excluding hydrogens is 590 g/mol. The first-order chi connectivity index (χ1) is 22.4. The third-order valence-corrected chi connectivity index (χ3v) is 8.72. The molecule has 3 aliphatic heterocycles. The predicted molar refractivity (Wildman–Crippen MR) is 167 cm³/mol. The molecule has 0 saturated carbocycles. The smallest absolute Gasteiger partial charge is 0.408 e. The largest absolute Gasteiger partial charge is 0.445 e. The SMILES string of the molecule is CC1C(CN2CCOCC2)OC(c2cccc(N3C(=O)CC(NC(=O)OCc4ccccc4)C3=O)c2)OC1c1ccc(CO)cc1. The van der Waals surface area contributed by atoms with Crippen molar-refractivity contribution in [2.45, 2.75) is 51.1 Å². The Kier molecular flexibility index (Phi) is 10.1. The molecule has 3 amide bonds. The number of hydrogen-bond donors (Lipinski definition) is 2. The normalized spacial score (nSPS) is 25.4. The number of carbonyl (C=O) groups excluding carboxylic acids is 3. The van der Waals surface area contributed by atoms with Crippen LogP contribution in [-0.4, -0.2) is 72.9 Å². The first-order valence-corrected chi connectivity index (χ1v) is 15.6. The van der Waals surface area contributed by atoms with E-state index in [0.29, 0.717) is 31.0 Å². The van der Waals surface area contributed by atoms with Crippen LogP contribution in [0.3, 0.4) is 0 Å². The number of hydrogen-bond acceptors (Lipinski definition) is 9. The molecule has 3 fully saturated rings. The van der Waals surface area contributed by atoms with Crippen molar-refractivity contribution in [1.29, 1.82) is 0 Å². The molecule has 3 aromatic carbocycles. The van der Waals surface area contributed by atoms with Crippen molar-refractivity contribution in [3.8, 4) is 0 Å². The zero-order valence-corrected chi connectivity index (χ0v) is 25.7. The number of carbonyl (C=O) groups is 3. The van der Waals surface area contributed by atoms with Crippen LogP contribution in [-0.2, 0) is 41.8 Å². The summed E-state index contributed by atoms with van der Waals surface area (Å²) in [4.78, 5) is 42.3. The van der Waals surface area contributed by atoms with E-state index in [2.05, 4.69) is 17.1 Å². The van der Waals surface area contributed by atoms with Crippen LogP contribution in [0.25, 0.3) is 0 Å². The number of benzene rings is 3. The van der Waals surface area contributed by atoms with Gasteiger partial charge in [-0.15, -0.1) is 0 Å². The third kappa shape index (κ3) is 7.30. The van der Waals surface area contributed by atoms with Crippen molar-refractivity contribution in [1.82, 2.24) is 10.2 Å². The number of anilines is 1. The number of aliphatic hydroxyl groups is 1. The highest BCUT2D eigenvalue weighted by Crippen LogP contribution is 2.42. The molecule has 2 N–H and O–H groups in total. The minimum atomic E-state index is -1.04. The van der Waals surface area contributed by atoms with Crippen LogP contribution in [0.4, 0.5) is 10.5 Å². The second-order valence-electron chi connectivity index (χ2n) is 11.9. The molecule has 11 nitrogen and oxygen atoms in total. The molecule has 0 aromatic heterocycles. The summed E-state index contributed by atoms with van der Waals surface area (Å²) in [5, 5.41) is 12.1. The molecule has 0 aliphatic carbocycles. The fraction of sp³-hybridized carbons (Fsp3) is 0.400. The van der Waals surface area contributed by atoms with Crippen LogP contribution in [0.2, 0.25) is 0 Å². The monoisotopic (exact) mass is 629 g/mol. The number of aliphatic hydroxyl groups excluding tert-OH is 1. The molecule has 5 unspecified atom stereocenters. The fourth-order valence-corrected chi connectivity index (χ4v) is 6.10. The average molecular weight is 630 g/mol. The van der Waals surface area contributed by atoms with Crippen molar-refractivity contribution in [3.05, 3.63) is 101 Å². The number of rotatable bonds is 9. The van der Waals surface area contributed by atoms with Gasteiger partial charge in [0.05, 0.1) is 44.1 Å². The third-order valence-electron chi connectivity index (χ3n) is 8.72. The summed E-state index contributed by atoms with van der Waals surface area (Å²) in [7, 11) is 0. The van der Waals surface area contributed by atoms with Gasteiger partial charge >= 0.3 is 6.09 Å². The Morgan fingerprint density at radius 3 is 2.43 bits per heavy atom. The van der Waals surface area contributed by atoms with Gasteiger partial charge in [0.2, 0.25) is 5.91 Å². The highest BCUT2D eigenvalue weighted by atomic mass is 16.7. The number of nitrogens with one attached hydrogen (secondary N) is 1. The van der Waals surface area contributed by atoms with Gasteiger partial charge in [-0.1, -0.05) is 73.7 Å². The number of nitrogens with zero attached hydrogens (tertiary/aromatic N) is 2. The predicted octanol–water partition coefficient (Wildman–Crippen LogP) is 3.86. The number of ether oxygens (including phenoxy) is 4. The van der Waals surface area contributed by atoms with Crippen molar-refractivity contribution < 1.29 is 38.4 Å². The maximum atomic E-state index is 13.4. The Bertz CT molecular complexity index is 1510. The summed E-state index contributed by atoms with van der Waals surface area (Å²) in [5.41, 5.74) is 3.62. The second kappa shape index (κ2) is 14.5. The summed E-state index contributed by atoms with van der Waals surface area (Å²) >= 11 is 0. The van der Waals surface area contributed by atoms with Crippen molar-refractivity contribution in [2.75, 3.05) is 37.7 Å². The molecule has 0 bridgehead atoms. The van der Waals surface area contributed by atoms with E-state index in [-0.39, 0.29) is 37.8 Å². The topological polar surface area (TPSA) is 127 Å². The van der Waals surface area contributed by atoms with Gasteiger partial charge in [0.1, 0.15) is 12.6 Å². The lowest BCUT2D eigenvalue weighted by atomic mass is 9.90. The maximum absolute atomic E-state index is 13.4. The van der Waals surface area contributed by atoms with Crippen molar-refractivity contribution >= 4 is 23.6 Å². The van der Waals surface area contributed by atoms with Gasteiger partial charge in [0, 0.05) is 31.1 Å². The quantitative estimate of drug-likeness (QED) is 0.339. The van der Waals surface area contributed by atoms with E-state index >= 15 is 0 Å². The Morgan fingerprint density at radius 2 is 1.70 bits per heavy atom.